The normalized spacial score (nSPS) is 10.1. The van der Waals surface area contributed by atoms with Gasteiger partial charge in [-0.05, 0) is 42.7 Å². The molecule has 23 heavy (non-hydrogen) atoms. The van der Waals surface area contributed by atoms with E-state index in [0.29, 0.717) is 24.3 Å². The second kappa shape index (κ2) is 8.73. The summed E-state index contributed by atoms with van der Waals surface area (Å²) >= 11 is 0. The van der Waals surface area contributed by atoms with Crippen molar-refractivity contribution in [2.75, 3.05) is 6.61 Å². The number of benzene rings is 2. The standard InChI is InChI=1S/C19H20O4/c1-2-18(20)23-17-12-10-16(11-13-17)19(21)22-14-6-9-15-7-4-3-5-8-15/h3-5,7-8,10-13H,2,6,9,14H2,1H3. The molecule has 0 aliphatic carbocycles. The molecule has 4 heteroatoms. The van der Waals surface area contributed by atoms with Gasteiger partial charge in [0.05, 0.1) is 12.2 Å². The maximum atomic E-state index is 11.9. The molecule has 0 fully saturated rings. The average molecular weight is 312 g/mol. The topological polar surface area (TPSA) is 52.6 Å². The molecular weight excluding hydrogens is 292 g/mol. The van der Waals surface area contributed by atoms with Crippen molar-refractivity contribution in [1.82, 2.24) is 0 Å². The lowest BCUT2D eigenvalue weighted by atomic mass is 10.1. The number of hydrogen-bond acceptors (Lipinski definition) is 4. The predicted molar refractivity (Wildman–Crippen MR) is 87.4 cm³/mol. The van der Waals surface area contributed by atoms with Gasteiger partial charge in [0.1, 0.15) is 5.75 Å². The summed E-state index contributed by atoms with van der Waals surface area (Å²) in [5.74, 6) is -0.245. The van der Waals surface area contributed by atoms with Crippen LogP contribution in [-0.2, 0) is 16.0 Å². The third-order valence-electron chi connectivity index (χ3n) is 3.30. The lowest BCUT2D eigenvalue weighted by Gasteiger charge is -2.06. The van der Waals surface area contributed by atoms with E-state index in [0.717, 1.165) is 12.8 Å². The Morgan fingerprint density at radius 1 is 0.957 bits per heavy atom. The molecule has 2 aromatic carbocycles. The Kier molecular flexibility index (Phi) is 6.36. The van der Waals surface area contributed by atoms with Crippen LogP contribution in [0, 0.1) is 0 Å². The van der Waals surface area contributed by atoms with E-state index in [2.05, 4.69) is 12.1 Å². The molecule has 0 aromatic heterocycles. The number of esters is 2. The van der Waals surface area contributed by atoms with Crippen LogP contribution < -0.4 is 4.74 Å². The van der Waals surface area contributed by atoms with Crippen LogP contribution in [0.5, 0.6) is 5.75 Å². The molecule has 2 rings (SSSR count). The highest BCUT2D eigenvalue weighted by Gasteiger charge is 2.08. The maximum Gasteiger partial charge on any atom is 0.338 e. The predicted octanol–water partition coefficient (Wildman–Crippen LogP) is 3.79. The summed E-state index contributed by atoms with van der Waals surface area (Å²) in [7, 11) is 0. The lowest BCUT2D eigenvalue weighted by Crippen LogP contribution is -2.08. The second-order valence-corrected chi connectivity index (χ2v) is 5.08. The molecule has 2 aromatic rings. The summed E-state index contributed by atoms with van der Waals surface area (Å²) in [4.78, 5) is 23.1. The molecule has 0 radical (unpaired) electrons. The Hall–Kier alpha value is -2.62. The molecule has 0 bridgehead atoms. The molecule has 0 amide bonds. The van der Waals surface area contributed by atoms with E-state index < -0.39 is 0 Å². The van der Waals surface area contributed by atoms with Gasteiger partial charge < -0.3 is 9.47 Å². The van der Waals surface area contributed by atoms with Gasteiger partial charge in [-0.3, -0.25) is 4.79 Å². The first-order valence-electron chi connectivity index (χ1n) is 7.71. The third-order valence-corrected chi connectivity index (χ3v) is 3.30. The zero-order chi connectivity index (χ0) is 16.5. The van der Waals surface area contributed by atoms with Crippen LogP contribution in [0.4, 0.5) is 0 Å². The molecule has 0 saturated carbocycles. The van der Waals surface area contributed by atoms with Gasteiger partial charge >= 0.3 is 11.9 Å². The first-order chi connectivity index (χ1) is 11.2. The maximum absolute atomic E-state index is 11.9. The van der Waals surface area contributed by atoms with Gasteiger partial charge in [0.25, 0.3) is 0 Å². The summed E-state index contributed by atoms with van der Waals surface area (Å²) in [5, 5.41) is 0. The van der Waals surface area contributed by atoms with Gasteiger partial charge in [-0.25, -0.2) is 4.79 Å². The van der Waals surface area contributed by atoms with Crippen LogP contribution >= 0.6 is 0 Å². The Morgan fingerprint density at radius 2 is 1.65 bits per heavy atom. The van der Waals surface area contributed by atoms with E-state index in [1.807, 2.05) is 18.2 Å². The van der Waals surface area contributed by atoms with Gasteiger partial charge in [0.15, 0.2) is 0 Å². The monoisotopic (exact) mass is 312 g/mol. The van der Waals surface area contributed by atoms with E-state index in [9.17, 15) is 9.59 Å². The van der Waals surface area contributed by atoms with E-state index >= 15 is 0 Å². The Bertz CT molecular complexity index is 632. The first kappa shape index (κ1) is 16.7. The number of rotatable bonds is 7. The fourth-order valence-corrected chi connectivity index (χ4v) is 2.03. The molecule has 0 atom stereocenters. The van der Waals surface area contributed by atoms with E-state index in [1.54, 1.807) is 31.2 Å². The lowest BCUT2D eigenvalue weighted by molar-refractivity contribution is -0.134. The van der Waals surface area contributed by atoms with Crippen LogP contribution in [0.25, 0.3) is 0 Å². The minimum atomic E-state index is -0.369. The Labute approximate surface area is 136 Å². The minimum Gasteiger partial charge on any atom is -0.462 e. The zero-order valence-electron chi connectivity index (χ0n) is 13.2. The number of carbonyl (C=O) groups excluding carboxylic acids is 2. The number of aryl methyl sites for hydroxylation is 1. The van der Waals surface area contributed by atoms with Crippen molar-refractivity contribution in [2.45, 2.75) is 26.2 Å². The summed E-state index contributed by atoms with van der Waals surface area (Å²) < 4.78 is 10.3. The molecule has 4 nitrogen and oxygen atoms in total. The van der Waals surface area contributed by atoms with Gasteiger partial charge in [-0.2, -0.15) is 0 Å². The molecule has 0 saturated heterocycles. The quantitative estimate of drug-likeness (QED) is 0.443. The van der Waals surface area contributed by atoms with E-state index in [4.69, 9.17) is 9.47 Å². The van der Waals surface area contributed by atoms with Gasteiger partial charge in [-0.1, -0.05) is 37.3 Å². The summed E-state index contributed by atoms with van der Waals surface area (Å²) in [6.07, 6.45) is 1.97. The largest absolute Gasteiger partial charge is 0.462 e. The molecule has 0 aliphatic heterocycles. The van der Waals surface area contributed by atoms with Crippen molar-refractivity contribution < 1.29 is 19.1 Å². The third kappa shape index (κ3) is 5.58. The highest BCUT2D eigenvalue weighted by Crippen LogP contribution is 2.14. The molecule has 0 unspecified atom stereocenters. The molecule has 0 N–H and O–H groups in total. The van der Waals surface area contributed by atoms with Crippen molar-refractivity contribution in [1.29, 1.82) is 0 Å². The van der Waals surface area contributed by atoms with Crippen molar-refractivity contribution >= 4 is 11.9 Å². The second-order valence-electron chi connectivity index (χ2n) is 5.08. The summed E-state index contributed by atoms with van der Waals surface area (Å²) in [5.41, 5.74) is 1.67. The van der Waals surface area contributed by atoms with Crippen molar-refractivity contribution in [3.8, 4) is 5.75 Å². The van der Waals surface area contributed by atoms with Crippen LogP contribution in [0.3, 0.4) is 0 Å². The Balaban J connectivity index is 1.76. The molecular formula is C19H20O4. The average Bonchev–Trinajstić information content (AvgIpc) is 2.60. The molecule has 0 heterocycles. The molecule has 0 spiro atoms. The van der Waals surface area contributed by atoms with E-state index in [-0.39, 0.29) is 11.9 Å². The fourth-order valence-electron chi connectivity index (χ4n) is 2.03. The number of hydrogen-bond donors (Lipinski definition) is 0. The molecule has 120 valence electrons. The SMILES string of the molecule is CCC(=O)Oc1ccc(C(=O)OCCCc2ccccc2)cc1. The van der Waals surface area contributed by atoms with Gasteiger partial charge in [-0.15, -0.1) is 0 Å². The van der Waals surface area contributed by atoms with Crippen molar-refractivity contribution in [3.05, 3.63) is 65.7 Å². The zero-order valence-corrected chi connectivity index (χ0v) is 13.2. The first-order valence-corrected chi connectivity index (χ1v) is 7.71. The molecule has 0 aliphatic rings. The fraction of sp³-hybridized carbons (Fsp3) is 0.263. The van der Waals surface area contributed by atoms with Crippen molar-refractivity contribution in [2.24, 2.45) is 0 Å². The Morgan fingerprint density at radius 3 is 2.30 bits per heavy atom. The summed E-state index contributed by atoms with van der Waals surface area (Å²) in [6, 6.07) is 16.4. The van der Waals surface area contributed by atoms with Crippen LogP contribution in [0.15, 0.2) is 54.6 Å². The highest BCUT2D eigenvalue weighted by molar-refractivity contribution is 5.89. The number of ether oxygens (including phenoxy) is 2. The van der Waals surface area contributed by atoms with Crippen LogP contribution in [-0.4, -0.2) is 18.5 Å². The number of carbonyl (C=O) groups is 2. The van der Waals surface area contributed by atoms with Crippen molar-refractivity contribution in [3.63, 3.8) is 0 Å². The van der Waals surface area contributed by atoms with Crippen LogP contribution in [0.1, 0.15) is 35.7 Å². The van der Waals surface area contributed by atoms with Gasteiger partial charge in [0.2, 0.25) is 0 Å². The van der Waals surface area contributed by atoms with Crippen LogP contribution in [0.2, 0.25) is 0 Å². The smallest absolute Gasteiger partial charge is 0.338 e. The van der Waals surface area contributed by atoms with E-state index in [1.165, 1.54) is 5.56 Å². The van der Waals surface area contributed by atoms with Gasteiger partial charge in [0, 0.05) is 6.42 Å². The highest BCUT2D eigenvalue weighted by atomic mass is 16.5. The minimum absolute atomic E-state index is 0.304. The summed E-state index contributed by atoms with van der Waals surface area (Å²) in [6.45, 7) is 2.10.